The van der Waals surface area contributed by atoms with Crippen molar-refractivity contribution in [2.45, 2.75) is 19.8 Å². The molecule has 0 N–H and O–H groups in total. The van der Waals surface area contributed by atoms with Gasteiger partial charge in [0.05, 0.1) is 7.11 Å². The number of hydrogen-bond acceptors (Lipinski definition) is 1. The summed E-state index contributed by atoms with van der Waals surface area (Å²) in [5.74, 6) is 1.40. The zero-order valence-electron chi connectivity index (χ0n) is 8.45. The van der Waals surface area contributed by atoms with Crippen molar-refractivity contribution in [3.05, 3.63) is 42.0 Å². The summed E-state index contributed by atoms with van der Waals surface area (Å²) in [6.07, 6.45) is 4.26. The molecule has 0 aliphatic heterocycles. The average Bonchev–Trinajstić information content (AvgIpc) is 2.18. The number of benzene rings is 1. The fourth-order valence-corrected chi connectivity index (χ4v) is 1.31. The zero-order chi connectivity index (χ0) is 9.68. The first kappa shape index (κ1) is 9.85. The van der Waals surface area contributed by atoms with Crippen LogP contribution in [0.15, 0.2) is 36.4 Å². The van der Waals surface area contributed by atoms with E-state index in [9.17, 15) is 0 Å². The largest absolute Gasteiger partial charge is 0.497 e. The molecule has 1 nitrogen and oxygen atoms in total. The number of hydrogen-bond donors (Lipinski definition) is 0. The van der Waals surface area contributed by atoms with Crippen molar-refractivity contribution >= 4 is 0 Å². The molecule has 0 radical (unpaired) electrons. The van der Waals surface area contributed by atoms with E-state index < -0.39 is 0 Å². The van der Waals surface area contributed by atoms with Gasteiger partial charge in [0.15, 0.2) is 0 Å². The van der Waals surface area contributed by atoms with E-state index in [1.54, 1.807) is 7.11 Å². The third-order valence-electron chi connectivity index (χ3n) is 2.12. The molecule has 0 saturated carbocycles. The third-order valence-corrected chi connectivity index (χ3v) is 2.12. The lowest BCUT2D eigenvalue weighted by molar-refractivity contribution is 0.414. The minimum Gasteiger partial charge on any atom is -0.497 e. The standard InChI is InChI=1S/C12H16O/c1-4-5-10(2)11-6-8-12(13-3)9-7-11/h4-10H,1-3H3/b5-4+/t10-/m0/s1. The van der Waals surface area contributed by atoms with Gasteiger partial charge < -0.3 is 4.74 Å². The highest BCUT2D eigenvalue weighted by Crippen LogP contribution is 2.19. The van der Waals surface area contributed by atoms with Crippen LogP contribution in [0.2, 0.25) is 0 Å². The molecule has 0 bridgehead atoms. The van der Waals surface area contributed by atoms with Crippen molar-refractivity contribution in [1.82, 2.24) is 0 Å². The fourth-order valence-electron chi connectivity index (χ4n) is 1.31. The average molecular weight is 176 g/mol. The Balaban J connectivity index is 2.79. The van der Waals surface area contributed by atoms with Gasteiger partial charge in [0.25, 0.3) is 0 Å². The molecular weight excluding hydrogens is 160 g/mol. The number of rotatable bonds is 3. The third kappa shape index (κ3) is 2.62. The van der Waals surface area contributed by atoms with Crippen molar-refractivity contribution in [2.24, 2.45) is 0 Å². The maximum absolute atomic E-state index is 5.09. The van der Waals surface area contributed by atoms with Crippen LogP contribution in [0, 0.1) is 0 Å². The van der Waals surface area contributed by atoms with Crippen LogP contribution in [-0.2, 0) is 0 Å². The highest BCUT2D eigenvalue weighted by atomic mass is 16.5. The Morgan fingerprint density at radius 2 is 1.85 bits per heavy atom. The Kier molecular flexibility index (Phi) is 3.56. The second kappa shape index (κ2) is 4.70. The molecule has 0 amide bonds. The molecule has 0 spiro atoms. The maximum atomic E-state index is 5.09. The number of allylic oxidation sites excluding steroid dienone is 2. The molecule has 0 aliphatic carbocycles. The van der Waals surface area contributed by atoms with E-state index >= 15 is 0 Å². The van der Waals surface area contributed by atoms with Crippen molar-refractivity contribution in [2.75, 3.05) is 7.11 Å². The predicted octanol–water partition coefficient (Wildman–Crippen LogP) is 3.37. The van der Waals surface area contributed by atoms with Crippen molar-refractivity contribution < 1.29 is 4.74 Å². The zero-order valence-corrected chi connectivity index (χ0v) is 8.45. The fraction of sp³-hybridized carbons (Fsp3) is 0.333. The molecule has 70 valence electrons. The molecule has 1 rings (SSSR count). The van der Waals surface area contributed by atoms with Crippen LogP contribution >= 0.6 is 0 Å². The summed E-state index contributed by atoms with van der Waals surface area (Å²) in [5, 5.41) is 0. The van der Waals surface area contributed by atoms with Crippen LogP contribution in [-0.4, -0.2) is 7.11 Å². The molecule has 1 heteroatoms. The second-order valence-corrected chi connectivity index (χ2v) is 3.09. The van der Waals surface area contributed by atoms with Crippen molar-refractivity contribution in [3.8, 4) is 5.75 Å². The lowest BCUT2D eigenvalue weighted by Crippen LogP contribution is -1.89. The van der Waals surface area contributed by atoms with Crippen LogP contribution in [0.1, 0.15) is 25.3 Å². The molecule has 0 fully saturated rings. The van der Waals surface area contributed by atoms with E-state index in [2.05, 4.69) is 31.2 Å². The lowest BCUT2D eigenvalue weighted by Gasteiger charge is -2.07. The van der Waals surface area contributed by atoms with Crippen LogP contribution in [0.3, 0.4) is 0 Å². The summed E-state index contributed by atoms with van der Waals surface area (Å²) < 4.78 is 5.09. The molecule has 1 aromatic rings. The number of methoxy groups -OCH3 is 1. The van der Waals surface area contributed by atoms with Gasteiger partial charge in [-0.15, -0.1) is 0 Å². The van der Waals surface area contributed by atoms with Crippen LogP contribution in [0.5, 0.6) is 5.75 Å². The van der Waals surface area contributed by atoms with Gasteiger partial charge in [-0.05, 0) is 30.5 Å². The summed E-state index contributed by atoms with van der Waals surface area (Å²) in [6.45, 7) is 4.22. The van der Waals surface area contributed by atoms with Gasteiger partial charge >= 0.3 is 0 Å². The van der Waals surface area contributed by atoms with Crippen molar-refractivity contribution in [3.63, 3.8) is 0 Å². The highest BCUT2D eigenvalue weighted by Gasteiger charge is 2.00. The topological polar surface area (TPSA) is 9.23 Å². The number of ether oxygens (including phenoxy) is 1. The molecule has 0 aliphatic rings. The quantitative estimate of drug-likeness (QED) is 0.641. The minimum atomic E-state index is 0.482. The van der Waals surface area contributed by atoms with E-state index in [0.717, 1.165) is 5.75 Å². The Bertz CT molecular complexity index is 272. The summed E-state index contributed by atoms with van der Waals surface area (Å²) in [7, 11) is 1.68. The molecule has 1 aromatic carbocycles. The van der Waals surface area contributed by atoms with Gasteiger partial charge in [-0.1, -0.05) is 31.2 Å². The predicted molar refractivity (Wildman–Crippen MR) is 56.2 cm³/mol. The van der Waals surface area contributed by atoms with E-state index in [1.807, 2.05) is 19.1 Å². The summed E-state index contributed by atoms with van der Waals surface area (Å²) in [5.41, 5.74) is 1.32. The van der Waals surface area contributed by atoms with Gasteiger partial charge in [-0.2, -0.15) is 0 Å². The summed E-state index contributed by atoms with van der Waals surface area (Å²) in [6, 6.07) is 8.19. The molecular formula is C12H16O. The molecule has 1 atom stereocenters. The van der Waals surface area contributed by atoms with E-state index in [1.165, 1.54) is 5.56 Å². The van der Waals surface area contributed by atoms with Gasteiger partial charge in [-0.25, -0.2) is 0 Å². The Morgan fingerprint density at radius 3 is 2.31 bits per heavy atom. The van der Waals surface area contributed by atoms with Gasteiger partial charge in [0, 0.05) is 0 Å². The first-order valence-corrected chi connectivity index (χ1v) is 4.54. The smallest absolute Gasteiger partial charge is 0.118 e. The van der Waals surface area contributed by atoms with E-state index in [4.69, 9.17) is 4.74 Å². The first-order chi connectivity index (χ1) is 6.27. The molecule has 0 aromatic heterocycles. The van der Waals surface area contributed by atoms with E-state index in [-0.39, 0.29) is 0 Å². The summed E-state index contributed by atoms with van der Waals surface area (Å²) >= 11 is 0. The first-order valence-electron chi connectivity index (χ1n) is 4.54. The lowest BCUT2D eigenvalue weighted by atomic mass is 10.0. The summed E-state index contributed by atoms with van der Waals surface area (Å²) in [4.78, 5) is 0. The molecule has 13 heavy (non-hydrogen) atoms. The van der Waals surface area contributed by atoms with Gasteiger partial charge in [-0.3, -0.25) is 0 Å². The minimum absolute atomic E-state index is 0.482. The highest BCUT2D eigenvalue weighted by molar-refractivity contribution is 5.30. The molecule has 0 unspecified atom stereocenters. The normalized spacial score (nSPS) is 13.2. The van der Waals surface area contributed by atoms with Gasteiger partial charge in [0.1, 0.15) is 5.75 Å². The SMILES string of the molecule is C/C=C/[C@H](C)c1ccc(OC)cc1. The van der Waals surface area contributed by atoms with Gasteiger partial charge in [0.2, 0.25) is 0 Å². The van der Waals surface area contributed by atoms with Crippen molar-refractivity contribution in [1.29, 1.82) is 0 Å². The van der Waals surface area contributed by atoms with E-state index in [0.29, 0.717) is 5.92 Å². The molecule has 0 saturated heterocycles. The van der Waals surface area contributed by atoms with Crippen LogP contribution < -0.4 is 4.74 Å². The molecule has 0 heterocycles. The monoisotopic (exact) mass is 176 g/mol. The Morgan fingerprint density at radius 1 is 1.23 bits per heavy atom. The Labute approximate surface area is 80.0 Å². The second-order valence-electron chi connectivity index (χ2n) is 3.09. The Hall–Kier alpha value is -1.24. The van der Waals surface area contributed by atoms with Crippen LogP contribution in [0.25, 0.3) is 0 Å². The van der Waals surface area contributed by atoms with Crippen LogP contribution in [0.4, 0.5) is 0 Å². The maximum Gasteiger partial charge on any atom is 0.118 e.